The molecule has 0 aliphatic rings. The van der Waals surface area contributed by atoms with E-state index in [-0.39, 0.29) is 46.8 Å². The predicted octanol–water partition coefficient (Wildman–Crippen LogP) is -8.44. The quantitative estimate of drug-likeness (QED) is 0.0928. The van der Waals surface area contributed by atoms with Gasteiger partial charge in [-0.1, -0.05) is 48.9 Å². The van der Waals surface area contributed by atoms with Crippen molar-refractivity contribution in [3.63, 3.8) is 0 Å². The second kappa shape index (κ2) is 249. The van der Waals surface area contributed by atoms with Crippen LogP contribution in [0.5, 0.6) is 0 Å². The van der Waals surface area contributed by atoms with Crippen LogP contribution in [-0.2, 0) is 0 Å². The Balaban J connectivity index is -0.0000000110. The van der Waals surface area contributed by atoms with Crippen LogP contribution in [0.15, 0.2) is 0 Å². The molecule has 0 fully saturated rings. The summed E-state index contributed by atoms with van der Waals surface area (Å²) in [7, 11) is 0. The minimum Gasteiger partial charge on any atom is -0.870 e. The molecule has 0 aliphatic carbocycles. The molecule has 0 unspecified atom stereocenters. The molecule has 0 saturated carbocycles. The van der Waals surface area contributed by atoms with Gasteiger partial charge in [0.2, 0.25) is 0 Å². The zero-order valence-electron chi connectivity index (χ0n) is 20.1. The number of nitrogens with zero attached hydrogens (tertiary/aromatic N) is 4. The van der Waals surface area contributed by atoms with Crippen molar-refractivity contribution < 1.29 is 56.6 Å². The number of thiocarbonyl (C=S) groups is 4. The number of isothiocyanates is 4. The summed E-state index contributed by atoms with van der Waals surface area (Å²) in [5, 5.41) is 33.9. The van der Waals surface area contributed by atoms with E-state index in [0.29, 0.717) is 6.54 Å². The molecule has 0 aromatic rings. The first kappa shape index (κ1) is 93.3. The Morgan fingerprint density at radius 2 is 0.500 bits per heavy atom. The maximum absolute atomic E-state index is 7.13. The molecule has 34 heavy (non-hydrogen) atoms. The van der Waals surface area contributed by atoms with Crippen molar-refractivity contribution in [2.24, 2.45) is 5.73 Å². The fourth-order valence-corrected chi connectivity index (χ4v) is 0. The fourth-order valence-electron chi connectivity index (χ4n) is 0. The van der Waals surface area contributed by atoms with Crippen LogP contribution in [0.4, 0.5) is 0 Å². The topological polar surface area (TPSA) is 399 Å². The summed E-state index contributed by atoms with van der Waals surface area (Å²) in [5.74, 6) is 0. The van der Waals surface area contributed by atoms with Gasteiger partial charge in [-0.25, -0.2) is 0 Å². The molecule has 22 heteroatoms. The van der Waals surface area contributed by atoms with E-state index in [1.807, 2.05) is 0 Å². The van der Waals surface area contributed by atoms with Crippen molar-refractivity contribution in [1.29, 1.82) is 0 Å². The van der Waals surface area contributed by atoms with Crippen LogP contribution in [0.3, 0.4) is 0 Å². The Bertz CT molecular complexity index is 277. The summed E-state index contributed by atoms with van der Waals surface area (Å²) >= 11 is 14.8. The molecule has 0 amide bonds. The Labute approximate surface area is 235 Å². The molecule has 0 aromatic heterocycles. The van der Waals surface area contributed by atoms with E-state index in [0.717, 1.165) is 45.8 Å². The van der Waals surface area contributed by atoms with Gasteiger partial charge >= 0.3 is 30.4 Å². The standard InChI is InChI=1S/4C2H8N2.4CNS.3Be.3H2O/c4*3-1-2-4;4*2-1-3;;;;;;/h4*1-4H2;;;;;;;;3*1H2/q;;;;4*-1;3*+2;;;/p+4. The summed E-state index contributed by atoms with van der Waals surface area (Å²) < 4.78 is 0. The number of hydrogen-bond donors (Lipinski definition) is 8. The van der Waals surface area contributed by atoms with Crippen LogP contribution in [-0.4, -0.2) is 120 Å². The second-order valence-corrected chi connectivity index (χ2v) is 3.86. The number of nitrogens with two attached hydrogens (primary N) is 1. The molecule has 0 saturated heterocycles. The van der Waals surface area contributed by atoms with Gasteiger partial charge in [-0.05, 0) is 0 Å². The Morgan fingerprint density at radius 3 is 0.500 bits per heavy atom. The summed E-state index contributed by atoms with van der Waals surface area (Å²) in [6, 6.07) is 0. The molecule has 0 spiro atoms. The average Bonchev–Trinajstić information content (AvgIpc) is 2.70. The molecular weight excluding hydrogens is 516 g/mol. The first-order valence-electron chi connectivity index (χ1n) is 7.62. The average molecular weight is 558 g/mol. The first-order chi connectivity index (χ1) is 13.3. The smallest absolute Gasteiger partial charge is 0.870 e. The minimum absolute atomic E-state index is 0. The van der Waals surface area contributed by atoms with E-state index in [1.54, 1.807) is 0 Å². The summed E-state index contributed by atoms with van der Waals surface area (Å²) in [4.78, 5) is 0. The van der Waals surface area contributed by atoms with Crippen molar-refractivity contribution in [3.05, 3.63) is 21.6 Å². The van der Waals surface area contributed by atoms with Gasteiger partial charge in [-0.2, -0.15) is 20.6 Å². The third kappa shape index (κ3) is 2680. The molecule has 0 atom stereocenters. The summed E-state index contributed by atoms with van der Waals surface area (Å²) in [6.45, 7) is 7.31. The van der Waals surface area contributed by atoms with Gasteiger partial charge in [0.05, 0.1) is 6.54 Å². The molecule has 26 N–H and O–H groups in total. The van der Waals surface area contributed by atoms with Gasteiger partial charge in [0.25, 0.3) is 0 Å². The van der Waals surface area contributed by atoms with Crippen LogP contribution in [0.2, 0.25) is 0 Å². The summed E-state index contributed by atoms with van der Waals surface area (Å²) in [5.41, 5.74) is 29.7. The zero-order valence-corrected chi connectivity index (χ0v) is 23.3. The van der Waals surface area contributed by atoms with Gasteiger partial charge in [-0.3, -0.25) is 0 Å². The van der Waals surface area contributed by atoms with E-state index >= 15 is 0 Å². The minimum atomic E-state index is 0. The van der Waals surface area contributed by atoms with Gasteiger partial charge in [0.15, 0.2) is 0 Å². The van der Waals surface area contributed by atoms with E-state index in [4.69, 9.17) is 27.4 Å². The molecule has 0 heterocycles. The number of rotatable bonds is 4. The molecule has 0 aromatic carbocycles. The van der Waals surface area contributed by atoms with E-state index in [1.165, 1.54) is 20.6 Å². The third-order valence-electron chi connectivity index (χ3n) is 0.954. The van der Waals surface area contributed by atoms with Crippen LogP contribution < -0.4 is 45.9 Å². The first-order valence-corrected chi connectivity index (χ1v) is 9.25. The van der Waals surface area contributed by atoms with Crippen LogP contribution in [0.25, 0.3) is 21.6 Å². The van der Waals surface area contributed by atoms with E-state index in [9.17, 15) is 0 Å². The van der Waals surface area contributed by atoms with Crippen molar-refractivity contribution in [1.82, 2.24) is 0 Å². The largest absolute Gasteiger partial charge is 2.00 e. The number of hydrogen-bond acceptors (Lipinski definition) is 8. The molecule has 0 radical (unpaired) electrons. The Hall–Kier alpha value is -0.734. The van der Waals surface area contributed by atoms with Crippen LogP contribution >= 0.6 is 48.9 Å². The predicted molar refractivity (Wildman–Crippen MR) is 150 cm³/mol. The molecule has 0 bridgehead atoms. The SMILES string of the molecule is NCC[NH3+].[Be+2].[Be+2].[Be+2].[N-]=C=S.[N-]=C=S.[N-]=C=S.[N-]=C=S.[NH3+]CC[NH3+].[NH3+]CC[NH3+].[NH3+]CC[NH3+].[OH-].[OH-].[OH-]. The molecule has 0 aliphatic heterocycles. The van der Waals surface area contributed by atoms with Crippen molar-refractivity contribution in [2.75, 3.05) is 52.4 Å². The van der Waals surface area contributed by atoms with Gasteiger partial charge in [0.1, 0.15) is 39.3 Å². The van der Waals surface area contributed by atoms with Crippen molar-refractivity contribution >= 4 is 99.9 Å². The van der Waals surface area contributed by atoms with Gasteiger partial charge < -0.3 is 83.9 Å². The van der Waals surface area contributed by atoms with Crippen molar-refractivity contribution in [3.8, 4) is 0 Å². The molecule has 0 rings (SSSR count). The Kier molecular flexibility index (Phi) is 682. The zero-order chi connectivity index (χ0) is 24.5. The number of quaternary nitrogens is 7. The van der Waals surface area contributed by atoms with Crippen LogP contribution in [0, 0.1) is 0 Å². The summed E-state index contributed by atoms with van der Waals surface area (Å²) in [6.07, 6.45) is 0. The monoisotopic (exact) mass is 557 g/mol. The normalized spacial score (nSPS) is 4.47. The molecule has 192 valence electrons. The fraction of sp³-hybridized carbons (Fsp3) is 0.667. The maximum Gasteiger partial charge on any atom is 2.00 e. The van der Waals surface area contributed by atoms with Gasteiger partial charge in [-0.15, -0.1) is 0 Å². The van der Waals surface area contributed by atoms with Crippen LogP contribution in [0.1, 0.15) is 0 Å². The molecule has 15 nitrogen and oxygen atoms in total. The Morgan fingerprint density at radius 1 is 0.441 bits per heavy atom. The van der Waals surface area contributed by atoms with Gasteiger partial charge in [0, 0.05) is 6.54 Å². The molecular formula is C12H42Be3N12O3S4+6. The van der Waals surface area contributed by atoms with E-state index < -0.39 is 0 Å². The second-order valence-electron chi connectivity index (χ2n) is 3.13. The third-order valence-corrected chi connectivity index (χ3v) is 0.954. The van der Waals surface area contributed by atoms with E-state index in [2.05, 4.69) is 89.0 Å². The maximum atomic E-state index is 7.13. The van der Waals surface area contributed by atoms with Crippen molar-refractivity contribution in [2.45, 2.75) is 0 Å².